The van der Waals surface area contributed by atoms with Gasteiger partial charge >= 0.3 is 0 Å². The highest BCUT2D eigenvalue weighted by Crippen LogP contribution is 2.29. The van der Waals surface area contributed by atoms with Crippen LogP contribution >= 0.6 is 39.1 Å². The van der Waals surface area contributed by atoms with E-state index in [1.54, 1.807) is 30.3 Å². The molecule has 130 valence electrons. The van der Waals surface area contributed by atoms with E-state index in [1.807, 2.05) is 0 Å². The Morgan fingerprint density at radius 2 is 1.96 bits per heavy atom. The van der Waals surface area contributed by atoms with Crippen molar-refractivity contribution in [3.8, 4) is 5.75 Å². The largest absolute Gasteiger partial charge is 0.507 e. The van der Waals surface area contributed by atoms with Crippen molar-refractivity contribution in [3.63, 3.8) is 0 Å². The number of nitrogens with one attached hydrogen (secondary N) is 2. The number of phenolic OH excluding ortho intramolecular Hbond substituents is 1. The van der Waals surface area contributed by atoms with Crippen molar-refractivity contribution >= 4 is 62.8 Å². The van der Waals surface area contributed by atoms with Crippen LogP contribution in [0.4, 0.5) is 5.69 Å². The number of aromatic hydroxyl groups is 1. The highest BCUT2D eigenvalue weighted by Gasteiger charge is 2.12. The van der Waals surface area contributed by atoms with Gasteiger partial charge in [-0.3, -0.25) is 9.59 Å². The summed E-state index contributed by atoms with van der Waals surface area (Å²) in [7, 11) is 0. The first-order valence-electron chi connectivity index (χ1n) is 6.91. The summed E-state index contributed by atoms with van der Waals surface area (Å²) >= 11 is 15.1. The van der Waals surface area contributed by atoms with Gasteiger partial charge in [0.05, 0.1) is 21.9 Å². The topological polar surface area (TPSA) is 90.8 Å². The lowest BCUT2D eigenvalue weighted by Crippen LogP contribution is -2.24. The lowest BCUT2D eigenvalue weighted by molar-refractivity contribution is -0.126. The van der Waals surface area contributed by atoms with Crippen LogP contribution in [0.15, 0.2) is 46.0 Å². The van der Waals surface area contributed by atoms with Crippen LogP contribution in [0.2, 0.25) is 10.0 Å². The van der Waals surface area contributed by atoms with Crippen LogP contribution in [0.5, 0.6) is 5.75 Å². The molecule has 0 aromatic heterocycles. The third kappa shape index (κ3) is 5.74. The first-order valence-corrected chi connectivity index (χ1v) is 8.46. The summed E-state index contributed by atoms with van der Waals surface area (Å²) in [5.41, 5.74) is 2.93. The molecule has 6 nitrogen and oxygen atoms in total. The zero-order valence-corrected chi connectivity index (χ0v) is 15.7. The van der Waals surface area contributed by atoms with Crippen LogP contribution in [-0.2, 0) is 9.59 Å². The Morgan fingerprint density at radius 3 is 2.72 bits per heavy atom. The molecule has 0 spiro atoms. The first kappa shape index (κ1) is 19.2. The Labute approximate surface area is 162 Å². The Hall–Kier alpha value is -2.09. The number of nitrogens with zero attached hydrogens (tertiary/aromatic N) is 1. The summed E-state index contributed by atoms with van der Waals surface area (Å²) < 4.78 is 0.746. The van der Waals surface area contributed by atoms with Crippen LogP contribution in [0.3, 0.4) is 0 Å². The summed E-state index contributed by atoms with van der Waals surface area (Å²) in [6.45, 7) is 0. The number of phenols is 1. The second-order valence-electron chi connectivity index (χ2n) is 4.82. The molecular weight excluding hydrogens is 433 g/mol. The average molecular weight is 445 g/mol. The van der Waals surface area contributed by atoms with Gasteiger partial charge in [-0.05, 0) is 30.3 Å². The van der Waals surface area contributed by atoms with Crippen LogP contribution in [-0.4, -0.2) is 23.1 Å². The molecule has 2 amide bonds. The number of carbonyl (C=O) groups excluding carboxylic acids is 2. The molecule has 0 saturated carbocycles. The first-order chi connectivity index (χ1) is 11.9. The number of benzene rings is 2. The van der Waals surface area contributed by atoms with E-state index in [4.69, 9.17) is 23.2 Å². The molecule has 2 rings (SSSR count). The fourth-order valence-corrected chi connectivity index (χ4v) is 2.51. The van der Waals surface area contributed by atoms with Gasteiger partial charge in [-0.15, -0.1) is 0 Å². The summed E-state index contributed by atoms with van der Waals surface area (Å²) in [6.07, 6.45) is 0.814. The molecule has 0 atom stereocenters. The van der Waals surface area contributed by atoms with Crippen LogP contribution in [0.1, 0.15) is 12.0 Å². The molecule has 3 N–H and O–H groups in total. The Bertz CT molecular complexity index is 843. The van der Waals surface area contributed by atoms with E-state index in [9.17, 15) is 14.7 Å². The van der Waals surface area contributed by atoms with Gasteiger partial charge in [0.25, 0.3) is 0 Å². The van der Waals surface area contributed by atoms with E-state index in [0.717, 1.165) is 4.47 Å². The maximum atomic E-state index is 11.8. The van der Waals surface area contributed by atoms with Gasteiger partial charge in [-0.25, -0.2) is 5.43 Å². The van der Waals surface area contributed by atoms with Crippen molar-refractivity contribution in [2.45, 2.75) is 6.42 Å². The van der Waals surface area contributed by atoms with Gasteiger partial charge in [0.15, 0.2) is 0 Å². The SMILES string of the molecule is O=C(CC(=O)Nc1cccc(Cl)c1Cl)NN=Cc1cc(Br)ccc1O. The van der Waals surface area contributed by atoms with Gasteiger partial charge in [0.2, 0.25) is 11.8 Å². The van der Waals surface area contributed by atoms with Crippen molar-refractivity contribution in [1.29, 1.82) is 0 Å². The zero-order chi connectivity index (χ0) is 18.4. The van der Waals surface area contributed by atoms with E-state index in [0.29, 0.717) is 16.3 Å². The van der Waals surface area contributed by atoms with Gasteiger partial charge in [-0.2, -0.15) is 5.10 Å². The molecule has 0 heterocycles. The number of hydrazone groups is 1. The number of hydrogen-bond acceptors (Lipinski definition) is 4. The maximum absolute atomic E-state index is 11.8. The fraction of sp³-hybridized carbons (Fsp3) is 0.0625. The minimum absolute atomic E-state index is 0.00883. The fourth-order valence-electron chi connectivity index (χ4n) is 1.78. The maximum Gasteiger partial charge on any atom is 0.249 e. The van der Waals surface area contributed by atoms with Crippen molar-refractivity contribution in [2.75, 3.05) is 5.32 Å². The summed E-state index contributed by atoms with van der Waals surface area (Å²) in [5, 5.41) is 16.3. The van der Waals surface area contributed by atoms with Gasteiger partial charge in [-0.1, -0.05) is 45.2 Å². The molecule has 0 aliphatic heterocycles. The minimum atomic E-state index is -0.624. The highest BCUT2D eigenvalue weighted by molar-refractivity contribution is 9.10. The predicted octanol–water partition coefficient (Wildman–Crippen LogP) is 3.94. The molecule has 9 heteroatoms. The molecule has 0 fully saturated rings. The van der Waals surface area contributed by atoms with Crippen LogP contribution < -0.4 is 10.7 Å². The predicted molar refractivity (Wildman–Crippen MR) is 101 cm³/mol. The number of anilines is 1. The molecule has 0 radical (unpaired) electrons. The quantitative estimate of drug-likeness (QED) is 0.370. The van der Waals surface area contributed by atoms with E-state index in [1.165, 1.54) is 12.3 Å². The number of halogens is 3. The van der Waals surface area contributed by atoms with Crippen molar-refractivity contribution in [3.05, 3.63) is 56.5 Å². The average Bonchev–Trinajstić information content (AvgIpc) is 2.55. The third-order valence-corrected chi connectivity index (χ3v) is 4.24. The number of hydrogen-bond donors (Lipinski definition) is 3. The minimum Gasteiger partial charge on any atom is -0.507 e. The lowest BCUT2D eigenvalue weighted by Gasteiger charge is -2.07. The van der Waals surface area contributed by atoms with E-state index in [2.05, 4.69) is 31.8 Å². The van der Waals surface area contributed by atoms with E-state index in [-0.39, 0.29) is 10.8 Å². The molecule has 2 aromatic rings. The highest BCUT2D eigenvalue weighted by atomic mass is 79.9. The zero-order valence-electron chi connectivity index (χ0n) is 12.6. The van der Waals surface area contributed by atoms with Gasteiger partial charge in [0, 0.05) is 10.0 Å². The summed E-state index contributed by atoms with van der Waals surface area (Å²) in [4.78, 5) is 23.6. The second kappa shape index (κ2) is 8.84. The van der Waals surface area contributed by atoms with Crippen molar-refractivity contribution < 1.29 is 14.7 Å². The van der Waals surface area contributed by atoms with Crippen LogP contribution in [0, 0.1) is 0 Å². The monoisotopic (exact) mass is 443 g/mol. The van der Waals surface area contributed by atoms with Crippen molar-refractivity contribution in [2.24, 2.45) is 5.10 Å². The van der Waals surface area contributed by atoms with E-state index >= 15 is 0 Å². The Morgan fingerprint density at radius 1 is 1.20 bits per heavy atom. The van der Waals surface area contributed by atoms with Gasteiger partial charge in [0.1, 0.15) is 12.2 Å². The molecule has 0 bridgehead atoms. The van der Waals surface area contributed by atoms with Gasteiger partial charge < -0.3 is 10.4 Å². The van der Waals surface area contributed by atoms with Crippen LogP contribution in [0.25, 0.3) is 0 Å². The standard InChI is InChI=1S/C16H12BrCl2N3O3/c17-10-4-5-13(23)9(6-10)8-20-22-15(25)7-14(24)21-12-3-1-2-11(18)16(12)19/h1-6,8,23H,7H2,(H,21,24)(H,22,25). The Kier molecular flexibility index (Phi) is 6.81. The third-order valence-electron chi connectivity index (χ3n) is 2.93. The molecule has 0 unspecified atom stereocenters. The summed E-state index contributed by atoms with van der Waals surface area (Å²) in [6, 6.07) is 9.54. The summed E-state index contributed by atoms with van der Waals surface area (Å²) in [5.74, 6) is -1.18. The van der Waals surface area contributed by atoms with E-state index < -0.39 is 18.2 Å². The molecule has 0 saturated heterocycles. The smallest absolute Gasteiger partial charge is 0.249 e. The molecular formula is C16H12BrCl2N3O3. The molecule has 0 aliphatic rings. The Balaban J connectivity index is 1.89. The molecule has 25 heavy (non-hydrogen) atoms. The molecule has 0 aliphatic carbocycles. The normalized spacial score (nSPS) is 10.7. The van der Waals surface area contributed by atoms with Crippen molar-refractivity contribution in [1.82, 2.24) is 5.43 Å². The number of carbonyl (C=O) groups is 2. The lowest BCUT2D eigenvalue weighted by atomic mass is 10.2. The number of rotatable bonds is 5. The second-order valence-corrected chi connectivity index (χ2v) is 6.52. The number of amides is 2. The molecule has 2 aromatic carbocycles.